The first-order chi connectivity index (χ1) is 5.97. The fraction of sp³-hybridized carbons (Fsp3) is 0. The molecule has 0 unspecified atom stereocenters. The van der Waals surface area contributed by atoms with E-state index in [-0.39, 0.29) is 18.9 Å². The standard InChI is InChI=1S/C12H10.Li/c1-3-7-11(8-4-1)12-9-5-2-6-10-12;/h1-10H;. The largest absolute Gasteiger partial charge is 0.0622 e. The van der Waals surface area contributed by atoms with Crippen molar-refractivity contribution >= 4 is 18.9 Å². The summed E-state index contributed by atoms with van der Waals surface area (Å²) in [5, 5.41) is 0. The van der Waals surface area contributed by atoms with Gasteiger partial charge in [-0.2, -0.15) is 0 Å². The average Bonchev–Trinajstić information content (AvgIpc) is 2.21. The summed E-state index contributed by atoms with van der Waals surface area (Å²) in [5.41, 5.74) is 2.55. The van der Waals surface area contributed by atoms with Crippen LogP contribution < -0.4 is 0 Å². The van der Waals surface area contributed by atoms with Gasteiger partial charge in [-0.15, -0.1) is 0 Å². The zero-order valence-corrected chi connectivity index (χ0v) is 7.77. The van der Waals surface area contributed by atoms with E-state index >= 15 is 0 Å². The maximum absolute atomic E-state index is 2.12. The molecule has 0 saturated carbocycles. The van der Waals surface area contributed by atoms with E-state index in [1.54, 1.807) is 0 Å². The molecule has 0 aromatic heterocycles. The van der Waals surface area contributed by atoms with Gasteiger partial charge in [0.15, 0.2) is 0 Å². The van der Waals surface area contributed by atoms with Crippen LogP contribution >= 0.6 is 0 Å². The van der Waals surface area contributed by atoms with Crippen molar-refractivity contribution in [3.63, 3.8) is 0 Å². The van der Waals surface area contributed by atoms with Crippen molar-refractivity contribution < 1.29 is 0 Å². The second kappa shape index (κ2) is 4.92. The molecule has 1 heteroatoms. The van der Waals surface area contributed by atoms with Gasteiger partial charge in [0.05, 0.1) is 0 Å². The summed E-state index contributed by atoms with van der Waals surface area (Å²) in [5.74, 6) is 0. The molecule has 0 saturated heterocycles. The summed E-state index contributed by atoms with van der Waals surface area (Å²) >= 11 is 0. The smallest absolute Gasteiger partial charge is 0 e. The molecule has 59 valence electrons. The molecular formula is C12H10Li. The second-order valence-corrected chi connectivity index (χ2v) is 2.73. The van der Waals surface area contributed by atoms with Gasteiger partial charge >= 0.3 is 0 Å². The van der Waals surface area contributed by atoms with Crippen molar-refractivity contribution in [1.29, 1.82) is 0 Å². The molecule has 0 N–H and O–H groups in total. The predicted molar refractivity (Wildman–Crippen MR) is 57.6 cm³/mol. The van der Waals surface area contributed by atoms with Crippen molar-refractivity contribution in [1.82, 2.24) is 0 Å². The second-order valence-electron chi connectivity index (χ2n) is 2.73. The summed E-state index contributed by atoms with van der Waals surface area (Å²) in [6, 6.07) is 20.8. The summed E-state index contributed by atoms with van der Waals surface area (Å²) < 4.78 is 0. The minimum absolute atomic E-state index is 0. The molecule has 0 spiro atoms. The number of benzene rings is 2. The summed E-state index contributed by atoms with van der Waals surface area (Å²) in [6.07, 6.45) is 0. The van der Waals surface area contributed by atoms with Crippen LogP contribution in [0, 0.1) is 0 Å². The van der Waals surface area contributed by atoms with Crippen LogP contribution in [0.25, 0.3) is 11.1 Å². The van der Waals surface area contributed by atoms with Crippen LogP contribution in [0.3, 0.4) is 0 Å². The predicted octanol–water partition coefficient (Wildman–Crippen LogP) is 2.97. The van der Waals surface area contributed by atoms with Crippen molar-refractivity contribution in [2.24, 2.45) is 0 Å². The normalized spacial score (nSPS) is 8.92. The van der Waals surface area contributed by atoms with Crippen LogP contribution in [0.4, 0.5) is 0 Å². The van der Waals surface area contributed by atoms with Crippen LogP contribution in [-0.4, -0.2) is 18.9 Å². The minimum Gasteiger partial charge on any atom is -0.0622 e. The van der Waals surface area contributed by atoms with Gasteiger partial charge in [0.25, 0.3) is 0 Å². The first-order valence-electron chi connectivity index (χ1n) is 4.07. The molecule has 1 radical (unpaired) electrons. The summed E-state index contributed by atoms with van der Waals surface area (Å²) in [7, 11) is 0. The fourth-order valence-corrected chi connectivity index (χ4v) is 1.26. The Morgan fingerprint density at radius 2 is 0.769 bits per heavy atom. The average molecular weight is 161 g/mol. The van der Waals surface area contributed by atoms with E-state index in [1.807, 2.05) is 12.1 Å². The first-order valence-corrected chi connectivity index (χ1v) is 4.07. The van der Waals surface area contributed by atoms with Gasteiger partial charge in [0, 0.05) is 18.9 Å². The topological polar surface area (TPSA) is 0 Å². The van der Waals surface area contributed by atoms with Crippen LogP contribution in [0.1, 0.15) is 0 Å². The van der Waals surface area contributed by atoms with Crippen molar-refractivity contribution in [2.75, 3.05) is 0 Å². The van der Waals surface area contributed by atoms with Crippen LogP contribution in [-0.2, 0) is 0 Å². The van der Waals surface area contributed by atoms with Crippen LogP contribution in [0.15, 0.2) is 60.7 Å². The van der Waals surface area contributed by atoms with Crippen LogP contribution in [0.2, 0.25) is 0 Å². The Kier molecular flexibility index (Phi) is 3.83. The Morgan fingerprint density at radius 3 is 1.08 bits per heavy atom. The van der Waals surface area contributed by atoms with Gasteiger partial charge in [-0.1, -0.05) is 60.7 Å². The van der Waals surface area contributed by atoms with Crippen molar-refractivity contribution in [3.05, 3.63) is 60.7 Å². The van der Waals surface area contributed by atoms with E-state index in [0.717, 1.165) is 0 Å². The van der Waals surface area contributed by atoms with Crippen molar-refractivity contribution in [2.45, 2.75) is 0 Å². The van der Waals surface area contributed by atoms with E-state index in [0.29, 0.717) is 0 Å². The first kappa shape index (κ1) is 10.1. The van der Waals surface area contributed by atoms with Gasteiger partial charge in [0.1, 0.15) is 0 Å². The van der Waals surface area contributed by atoms with E-state index < -0.39 is 0 Å². The molecule has 0 heterocycles. The third-order valence-corrected chi connectivity index (χ3v) is 1.88. The minimum atomic E-state index is 0. The van der Waals surface area contributed by atoms with Gasteiger partial charge in [-0.05, 0) is 11.1 Å². The molecule has 0 fully saturated rings. The third kappa shape index (κ3) is 2.49. The maximum Gasteiger partial charge on any atom is 0 e. The Labute approximate surface area is 90.8 Å². The monoisotopic (exact) mass is 161 g/mol. The Balaban J connectivity index is 0.000000845. The zero-order chi connectivity index (χ0) is 8.23. The number of hydrogen-bond acceptors (Lipinski definition) is 0. The van der Waals surface area contributed by atoms with E-state index in [4.69, 9.17) is 0 Å². The summed E-state index contributed by atoms with van der Waals surface area (Å²) in [4.78, 5) is 0. The SMILES string of the molecule is [Li].c1ccc(-c2ccccc2)cc1. The summed E-state index contributed by atoms with van der Waals surface area (Å²) in [6.45, 7) is 0. The molecule has 0 aliphatic heterocycles. The molecule has 2 aromatic rings. The van der Waals surface area contributed by atoms with E-state index in [2.05, 4.69) is 48.5 Å². The van der Waals surface area contributed by atoms with Gasteiger partial charge in [-0.25, -0.2) is 0 Å². The van der Waals surface area contributed by atoms with Gasteiger partial charge in [-0.3, -0.25) is 0 Å². The maximum atomic E-state index is 2.12. The molecule has 0 amide bonds. The molecule has 0 nitrogen and oxygen atoms in total. The Hall–Kier alpha value is -0.963. The van der Waals surface area contributed by atoms with E-state index in [1.165, 1.54) is 11.1 Å². The van der Waals surface area contributed by atoms with E-state index in [9.17, 15) is 0 Å². The molecule has 0 bridgehead atoms. The molecule has 0 atom stereocenters. The Bertz CT molecular complexity index is 303. The quantitative estimate of drug-likeness (QED) is 0.564. The van der Waals surface area contributed by atoms with Crippen LogP contribution in [0.5, 0.6) is 0 Å². The molecule has 2 rings (SSSR count). The molecule has 0 aliphatic rings. The van der Waals surface area contributed by atoms with Crippen molar-refractivity contribution in [3.8, 4) is 11.1 Å². The third-order valence-electron chi connectivity index (χ3n) is 1.88. The zero-order valence-electron chi connectivity index (χ0n) is 7.77. The fourth-order valence-electron chi connectivity index (χ4n) is 1.26. The number of rotatable bonds is 1. The Morgan fingerprint density at radius 1 is 0.462 bits per heavy atom. The molecule has 0 aliphatic carbocycles. The molecular weight excluding hydrogens is 151 g/mol. The van der Waals surface area contributed by atoms with Gasteiger partial charge < -0.3 is 0 Å². The number of hydrogen-bond donors (Lipinski definition) is 0. The molecule has 2 aromatic carbocycles. The molecule has 13 heavy (non-hydrogen) atoms. The van der Waals surface area contributed by atoms with Gasteiger partial charge in [0.2, 0.25) is 0 Å².